The molecule has 0 bridgehead atoms. The number of nitrogens with two attached hydrogens (primary N) is 1. The summed E-state index contributed by atoms with van der Waals surface area (Å²) < 4.78 is 0. The summed E-state index contributed by atoms with van der Waals surface area (Å²) in [5.41, 5.74) is 4.50. The first-order chi connectivity index (χ1) is 5.41. The Morgan fingerprint density at radius 2 is 1.91 bits per heavy atom. The fraction of sp³-hybridized carbons (Fsp3) is 0.750. The lowest BCUT2D eigenvalue weighted by atomic mass is 10.4. The standard InChI is InChI=1S/C7H14N2.CH5N/c1-3-5-6-7-9-8-4-2;1-2/h3,5H,4,6-7H2,1-2H3;2H2,1H3/b5-3-,9-8?;. The highest BCUT2D eigenvalue weighted by Crippen LogP contribution is 1.84. The molecule has 0 amide bonds. The largest absolute Gasteiger partial charge is 0.333 e. The third-order valence-electron chi connectivity index (χ3n) is 0.873. The summed E-state index contributed by atoms with van der Waals surface area (Å²) in [7, 11) is 1.50. The van der Waals surface area contributed by atoms with E-state index in [1.807, 2.05) is 19.9 Å². The summed E-state index contributed by atoms with van der Waals surface area (Å²) in [6.07, 6.45) is 5.14. The Kier molecular flexibility index (Phi) is 19.0. The normalized spacial score (nSPS) is 10.2. The van der Waals surface area contributed by atoms with Crippen molar-refractivity contribution in [2.24, 2.45) is 16.0 Å². The van der Waals surface area contributed by atoms with E-state index in [0.29, 0.717) is 0 Å². The van der Waals surface area contributed by atoms with Crippen molar-refractivity contribution in [2.75, 3.05) is 20.1 Å². The third-order valence-corrected chi connectivity index (χ3v) is 0.873. The molecule has 3 heteroatoms. The van der Waals surface area contributed by atoms with Crippen molar-refractivity contribution >= 4 is 0 Å². The molecule has 66 valence electrons. The van der Waals surface area contributed by atoms with Crippen LogP contribution in [0.1, 0.15) is 20.3 Å². The maximum Gasteiger partial charge on any atom is 0.0633 e. The van der Waals surface area contributed by atoms with E-state index in [9.17, 15) is 0 Å². The van der Waals surface area contributed by atoms with Crippen LogP contribution in [-0.4, -0.2) is 20.1 Å². The van der Waals surface area contributed by atoms with Gasteiger partial charge < -0.3 is 5.73 Å². The van der Waals surface area contributed by atoms with Gasteiger partial charge in [0.1, 0.15) is 0 Å². The second kappa shape index (κ2) is 16.1. The summed E-state index contributed by atoms with van der Waals surface area (Å²) in [6, 6.07) is 0. The molecule has 0 heterocycles. The van der Waals surface area contributed by atoms with E-state index in [0.717, 1.165) is 19.5 Å². The Morgan fingerprint density at radius 3 is 2.36 bits per heavy atom. The first-order valence-electron chi connectivity index (χ1n) is 3.94. The second-order valence-electron chi connectivity index (χ2n) is 1.68. The van der Waals surface area contributed by atoms with Gasteiger partial charge in [0.15, 0.2) is 0 Å². The molecule has 3 nitrogen and oxygen atoms in total. The van der Waals surface area contributed by atoms with Gasteiger partial charge in [-0.3, -0.25) is 0 Å². The SMILES string of the molecule is C/C=C\CCN=NCC.CN. The zero-order valence-electron chi connectivity index (χ0n) is 7.75. The predicted octanol–water partition coefficient (Wildman–Crippen LogP) is 2.00. The molecule has 2 N–H and O–H groups in total. The fourth-order valence-electron chi connectivity index (χ4n) is 0.470. The number of nitrogens with zero attached hydrogens (tertiary/aromatic N) is 2. The quantitative estimate of drug-likeness (QED) is 0.379. The van der Waals surface area contributed by atoms with E-state index in [1.165, 1.54) is 7.05 Å². The highest BCUT2D eigenvalue weighted by atomic mass is 15.1. The maximum absolute atomic E-state index is 4.50. The monoisotopic (exact) mass is 157 g/mol. The smallest absolute Gasteiger partial charge is 0.0633 e. The molecule has 0 rings (SSSR count). The van der Waals surface area contributed by atoms with Crippen LogP contribution in [0.3, 0.4) is 0 Å². The number of azo groups is 1. The third kappa shape index (κ3) is 17.6. The summed E-state index contributed by atoms with van der Waals surface area (Å²) in [6.45, 7) is 5.63. The van der Waals surface area contributed by atoms with Crippen molar-refractivity contribution in [3.05, 3.63) is 12.2 Å². The Balaban J connectivity index is 0. The average Bonchev–Trinajstić information content (AvgIpc) is 2.08. The molecule has 0 spiro atoms. The van der Waals surface area contributed by atoms with E-state index in [-0.39, 0.29) is 0 Å². The van der Waals surface area contributed by atoms with Crippen molar-refractivity contribution in [1.29, 1.82) is 0 Å². The molecule has 0 aliphatic carbocycles. The van der Waals surface area contributed by atoms with Crippen LogP contribution >= 0.6 is 0 Å². The minimum absolute atomic E-state index is 0.801. The van der Waals surface area contributed by atoms with E-state index in [2.05, 4.69) is 22.0 Å². The molecule has 0 aliphatic rings. The van der Waals surface area contributed by atoms with Crippen LogP contribution in [0.15, 0.2) is 22.4 Å². The van der Waals surface area contributed by atoms with E-state index < -0.39 is 0 Å². The average molecular weight is 157 g/mol. The highest BCUT2D eigenvalue weighted by Gasteiger charge is 1.73. The van der Waals surface area contributed by atoms with Crippen molar-refractivity contribution < 1.29 is 0 Å². The maximum atomic E-state index is 4.50. The van der Waals surface area contributed by atoms with Crippen molar-refractivity contribution in [1.82, 2.24) is 0 Å². The lowest BCUT2D eigenvalue weighted by Gasteiger charge is -1.83. The molecule has 0 aromatic rings. The van der Waals surface area contributed by atoms with Gasteiger partial charge in [-0.2, -0.15) is 10.2 Å². The molecule has 0 aliphatic heterocycles. The molecule has 11 heavy (non-hydrogen) atoms. The molecular weight excluding hydrogens is 138 g/mol. The molecule has 0 unspecified atom stereocenters. The molecule has 0 radical (unpaired) electrons. The van der Waals surface area contributed by atoms with Gasteiger partial charge in [-0.25, -0.2) is 0 Å². The molecular formula is C8H19N3. The van der Waals surface area contributed by atoms with Gasteiger partial charge in [0.25, 0.3) is 0 Å². The minimum atomic E-state index is 0.801. The molecule has 0 saturated carbocycles. The summed E-state index contributed by atoms with van der Waals surface area (Å²) in [5, 5.41) is 7.74. The zero-order chi connectivity index (χ0) is 8.95. The van der Waals surface area contributed by atoms with Crippen LogP contribution in [0.25, 0.3) is 0 Å². The Morgan fingerprint density at radius 1 is 1.27 bits per heavy atom. The Labute approximate surface area is 69.4 Å². The van der Waals surface area contributed by atoms with E-state index >= 15 is 0 Å². The van der Waals surface area contributed by atoms with E-state index in [4.69, 9.17) is 0 Å². The predicted molar refractivity (Wildman–Crippen MR) is 49.8 cm³/mol. The number of hydrogen-bond acceptors (Lipinski definition) is 3. The highest BCUT2D eigenvalue weighted by molar-refractivity contribution is 4.76. The van der Waals surface area contributed by atoms with Crippen molar-refractivity contribution in [3.63, 3.8) is 0 Å². The van der Waals surface area contributed by atoms with Crippen LogP contribution in [-0.2, 0) is 0 Å². The van der Waals surface area contributed by atoms with Gasteiger partial charge in [0, 0.05) is 0 Å². The molecule has 0 saturated heterocycles. The first-order valence-corrected chi connectivity index (χ1v) is 3.94. The Hall–Kier alpha value is -0.700. The van der Waals surface area contributed by atoms with Gasteiger partial charge in [-0.15, -0.1) is 0 Å². The number of rotatable bonds is 4. The first kappa shape index (κ1) is 12.9. The van der Waals surface area contributed by atoms with Crippen LogP contribution < -0.4 is 5.73 Å². The summed E-state index contributed by atoms with van der Waals surface area (Å²) in [5.74, 6) is 0. The van der Waals surface area contributed by atoms with Gasteiger partial charge >= 0.3 is 0 Å². The van der Waals surface area contributed by atoms with Gasteiger partial charge in [0.2, 0.25) is 0 Å². The van der Waals surface area contributed by atoms with Crippen molar-refractivity contribution in [3.8, 4) is 0 Å². The molecule has 0 aromatic carbocycles. The van der Waals surface area contributed by atoms with E-state index in [1.54, 1.807) is 0 Å². The van der Waals surface area contributed by atoms with Crippen LogP contribution in [0, 0.1) is 0 Å². The number of hydrogen-bond donors (Lipinski definition) is 1. The van der Waals surface area contributed by atoms with Crippen LogP contribution in [0.5, 0.6) is 0 Å². The van der Waals surface area contributed by atoms with Gasteiger partial charge in [-0.1, -0.05) is 12.2 Å². The zero-order valence-corrected chi connectivity index (χ0v) is 7.75. The molecule has 0 fully saturated rings. The lowest BCUT2D eigenvalue weighted by molar-refractivity contribution is 0.863. The molecule has 0 aromatic heterocycles. The lowest BCUT2D eigenvalue weighted by Crippen LogP contribution is -1.74. The van der Waals surface area contributed by atoms with Crippen LogP contribution in [0.2, 0.25) is 0 Å². The van der Waals surface area contributed by atoms with Crippen LogP contribution in [0.4, 0.5) is 0 Å². The molecule has 0 atom stereocenters. The van der Waals surface area contributed by atoms with Gasteiger partial charge in [-0.05, 0) is 27.3 Å². The summed E-state index contributed by atoms with van der Waals surface area (Å²) in [4.78, 5) is 0. The Bertz CT molecular complexity index is 97.5. The number of allylic oxidation sites excluding steroid dienone is 1. The van der Waals surface area contributed by atoms with Crippen molar-refractivity contribution in [2.45, 2.75) is 20.3 Å². The summed E-state index contributed by atoms with van der Waals surface area (Å²) >= 11 is 0. The topological polar surface area (TPSA) is 50.7 Å². The minimum Gasteiger partial charge on any atom is -0.333 e. The fourth-order valence-corrected chi connectivity index (χ4v) is 0.470. The second-order valence-corrected chi connectivity index (χ2v) is 1.68. The van der Waals surface area contributed by atoms with Gasteiger partial charge in [0.05, 0.1) is 13.1 Å².